The predicted octanol–water partition coefficient (Wildman–Crippen LogP) is 3.22. The summed E-state index contributed by atoms with van der Waals surface area (Å²) < 4.78 is 17.1. The standard InChI is InChI=1S/C24H30N2O5/c1-5-16-10-15-12-23(22(28)30-4)20(16)26(13-15)9-8-24(31-14(2)27)18-11-17(29-3)6-7-19(18)25-21(23)24/h6-7,11,15-16,20H,5,8-10,12-13H2,1-4H3/t15-,16+,20+,23+,24-/m1/s1. The van der Waals surface area contributed by atoms with Gasteiger partial charge in [-0.2, -0.15) is 0 Å². The van der Waals surface area contributed by atoms with Crippen LogP contribution in [-0.2, 0) is 24.7 Å². The zero-order chi connectivity index (χ0) is 22.0. The van der Waals surface area contributed by atoms with Gasteiger partial charge in [0.1, 0.15) is 11.2 Å². The molecule has 0 N–H and O–H groups in total. The highest BCUT2D eigenvalue weighted by Gasteiger charge is 2.69. The number of carbonyl (C=O) groups is 2. The molecule has 31 heavy (non-hydrogen) atoms. The molecule has 4 bridgehead atoms. The first-order valence-electron chi connectivity index (χ1n) is 11.2. The molecular weight excluding hydrogens is 396 g/mol. The van der Waals surface area contributed by atoms with Crippen LogP contribution >= 0.6 is 0 Å². The van der Waals surface area contributed by atoms with Crippen molar-refractivity contribution in [1.82, 2.24) is 4.90 Å². The van der Waals surface area contributed by atoms with Gasteiger partial charge < -0.3 is 14.2 Å². The van der Waals surface area contributed by atoms with Crippen LogP contribution in [-0.4, -0.2) is 55.9 Å². The first kappa shape index (κ1) is 20.5. The lowest BCUT2D eigenvalue weighted by atomic mass is 9.54. The third kappa shape index (κ3) is 2.65. The van der Waals surface area contributed by atoms with Crippen LogP contribution in [0, 0.1) is 17.3 Å². The normalized spacial score (nSPS) is 37.2. The Kier molecular flexibility index (Phi) is 4.66. The van der Waals surface area contributed by atoms with Crippen LogP contribution in [0.1, 0.15) is 45.1 Å². The number of nitrogens with zero attached hydrogens (tertiary/aromatic N) is 2. The summed E-state index contributed by atoms with van der Waals surface area (Å²) in [6.07, 6.45) is 3.35. The molecule has 4 fully saturated rings. The Hall–Kier alpha value is -2.41. The van der Waals surface area contributed by atoms with Gasteiger partial charge in [0.25, 0.3) is 0 Å². The van der Waals surface area contributed by atoms with Crippen molar-refractivity contribution in [2.45, 2.75) is 51.2 Å². The fraction of sp³-hybridized carbons (Fsp3) is 0.625. The van der Waals surface area contributed by atoms with Crippen molar-refractivity contribution < 1.29 is 23.8 Å². The molecule has 6 atom stereocenters. The van der Waals surface area contributed by atoms with Crippen LogP contribution in [0.15, 0.2) is 23.2 Å². The van der Waals surface area contributed by atoms with Crippen molar-refractivity contribution in [3.63, 3.8) is 0 Å². The highest BCUT2D eigenvalue weighted by Crippen LogP contribution is 2.61. The van der Waals surface area contributed by atoms with Crippen molar-refractivity contribution in [1.29, 1.82) is 0 Å². The Morgan fingerprint density at radius 2 is 2.10 bits per heavy atom. The van der Waals surface area contributed by atoms with Crippen molar-refractivity contribution in [3.8, 4) is 5.75 Å². The van der Waals surface area contributed by atoms with Crippen LogP contribution in [0.25, 0.3) is 0 Å². The third-order valence-corrected chi connectivity index (χ3v) is 7.90. The molecule has 1 aliphatic carbocycles. The van der Waals surface area contributed by atoms with Gasteiger partial charge in [-0.25, -0.2) is 0 Å². The molecule has 1 aromatic carbocycles. The minimum atomic E-state index is -1.08. The number of hydrogen-bond acceptors (Lipinski definition) is 7. The number of methoxy groups -OCH3 is 2. The van der Waals surface area contributed by atoms with Crippen molar-refractivity contribution in [3.05, 3.63) is 23.8 Å². The molecule has 3 saturated heterocycles. The minimum absolute atomic E-state index is 0.00217. The van der Waals surface area contributed by atoms with E-state index in [2.05, 4.69) is 11.8 Å². The van der Waals surface area contributed by atoms with E-state index in [1.807, 2.05) is 18.2 Å². The number of rotatable bonds is 4. The van der Waals surface area contributed by atoms with E-state index >= 15 is 0 Å². The molecule has 4 aliphatic heterocycles. The molecular formula is C24H30N2O5. The first-order chi connectivity index (χ1) is 14.9. The Balaban J connectivity index is 1.78. The maximum absolute atomic E-state index is 13.7. The maximum atomic E-state index is 13.7. The smallest absolute Gasteiger partial charge is 0.319 e. The van der Waals surface area contributed by atoms with Crippen LogP contribution in [0.5, 0.6) is 5.75 Å². The van der Waals surface area contributed by atoms with Crippen LogP contribution < -0.4 is 4.74 Å². The minimum Gasteiger partial charge on any atom is -0.497 e. The zero-order valence-corrected chi connectivity index (χ0v) is 18.6. The Bertz CT molecular complexity index is 975. The molecule has 1 aromatic rings. The fourth-order valence-electron chi connectivity index (χ4n) is 6.97. The van der Waals surface area contributed by atoms with Crippen molar-refractivity contribution >= 4 is 23.3 Å². The second kappa shape index (κ2) is 7.05. The van der Waals surface area contributed by atoms with Gasteiger partial charge in [0.2, 0.25) is 0 Å². The Morgan fingerprint density at radius 1 is 1.29 bits per heavy atom. The SMILES string of the molecule is CC[C@H]1C[C@H]2CN3CC[C@]4(OC(C)=O)C(=Nc5ccc(OC)cc54)[C@](C(=O)OC)(C2)[C@H]13. The summed E-state index contributed by atoms with van der Waals surface area (Å²) in [4.78, 5) is 33.5. The summed E-state index contributed by atoms with van der Waals surface area (Å²) in [6.45, 7) is 5.32. The van der Waals surface area contributed by atoms with Gasteiger partial charge in [-0.1, -0.05) is 13.3 Å². The number of esters is 2. The number of fused-ring (bicyclic) bond motifs is 4. The predicted molar refractivity (Wildman–Crippen MR) is 114 cm³/mol. The Morgan fingerprint density at radius 3 is 2.77 bits per heavy atom. The van der Waals surface area contributed by atoms with E-state index in [1.54, 1.807) is 7.11 Å². The lowest BCUT2D eigenvalue weighted by molar-refractivity contribution is -0.165. The Labute approximate surface area is 182 Å². The number of aliphatic imine (C=N–C) groups is 1. The average Bonchev–Trinajstić information content (AvgIpc) is 3.05. The number of carbonyl (C=O) groups excluding carboxylic acids is 2. The first-order valence-corrected chi connectivity index (χ1v) is 11.2. The lowest BCUT2D eigenvalue weighted by Gasteiger charge is -2.58. The number of ether oxygens (including phenoxy) is 3. The summed E-state index contributed by atoms with van der Waals surface area (Å²) in [5.74, 6) is 0.799. The molecule has 4 heterocycles. The van der Waals surface area contributed by atoms with E-state index in [0.29, 0.717) is 36.1 Å². The molecule has 166 valence electrons. The topological polar surface area (TPSA) is 77.4 Å². The molecule has 0 spiro atoms. The molecule has 1 saturated carbocycles. The van der Waals surface area contributed by atoms with Gasteiger partial charge in [-0.3, -0.25) is 19.5 Å². The summed E-state index contributed by atoms with van der Waals surface area (Å²) >= 11 is 0. The maximum Gasteiger partial charge on any atom is 0.319 e. The van der Waals surface area contributed by atoms with E-state index in [9.17, 15) is 9.59 Å². The second-order valence-electron chi connectivity index (χ2n) is 9.39. The van der Waals surface area contributed by atoms with Gasteiger partial charge in [0.05, 0.1) is 25.6 Å². The molecule has 1 unspecified atom stereocenters. The van der Waals surface area contributed by atoms with Gasteiger partial charge in [0.15, 0.2) is 5.60 Å². The molecule has 0 amide bonds. The molecule has 0 aromatic heterocycles. The summed E-state index contributed by atoms with van der Waals surface area (Å²) in [7, 11) is 3.07. The van der Waals surface area contributed by atoms with E-state index in [0.717, 1.165) is 37.2 Å². The zero-order valence-electron chi connectivity index (χ0n) is 18.6. The van der Waals surface area contributed by atoms with Crippen LogP contribution in [0.2, 0.25) is 0 Å². The van der Waals surface area contributed by atoms with Gasteiger partial charge in [-0.15, -0.1) is 0 Å². The lowest BCUT2D eigenvalue weighted by Crippen LogP contribution is -2.68. The van der Waals surface area contributed by atoms with E-state index in [-0.39, 0.29) is 18.0 Å². The summed E-state index contributed by atoms with van der Waals surface area (Å²) in [5.41, 5.74) is 0.192. The summed E-state index contributed by atoms with van der Waals surface area (Å²) in [5, 5.41) is 0. The molecule has 5 aliphatic rings. The monoisotopic (exact) mass is 426 g/mol. The average molecular weight is 427 g/mol. The van der Waals surface area contributed by atoms with E-state index in [1.165, 1.54) is 14.0 Å². The molecule has 7 nitrogen and oxygen atoms in total. The second-order valence-corrected chi connectivity index (χ2v) is 9.39. The fourth-order valence-corrected chi connectivity index (χ4v) is 6.97. The number of hydrogen-bond donors (Lipinski definition) is 0. The molecule has 0 radical (unpaired) electrons. The third-order valence-electron chi connectivity index (χ3n) is 7.90. The highest BCUT2D eigenvalue weighted by molar-refractivity contribution is 6.16. The van der Waals surface area contributed by atoms with Gasteiger partial charge in [0, 0.05) is 38.0 Å². The van der Waals surface area contributed by atoms with Crippen molar-refractivity contribution in [2.75, 3.05) is 27.3 Å². The number of piperidine rings is 2. The largest absolute Gasteiger partial charge is 0.497 e. The summed E-state index contributed by atoms with van der Waals surface area (Å²) in [6, 6.07) is 5.65. The van der Waals surface area contributed by atoms with E-state index < -0.39 is 11.0 Å². The molecule has 6 rings (SSSR count). The van der Waals surface area contributed by atoms with Crippen LogP contribution in [0.3, 0.4) is 0 Å². The highest BCUT2D eigenvalue weighted by atomic mass is 16.6. The quantitative estimate of drug-likeness (QED) is 0.688. The van der Waals surface area contributed by atoms with Gasteiger partial charge in [-0.05, 0) is 42.9 Å². The molecule has 7 heteroatoms. The van der Waals surface area contributed by atoms with Crippen molar-refractivity contribution in [2.24, 2.45) is 22.2 Å². The van der Waals surface area contributed by atoms with Gasteiger partial charge >= 0.3 is 11.9 Å². The van der Waals surface area contributed by atoms with E-state index in [4.69, 9.17) is 19.2 Å². The van der Waals surface area contributed by atoms with Crippen LogP contribution in [0.4, 0.5) is 5.69 Å². The number of benzene rings is 1.